The molecule has 0 aliphatic carbocycles. The molecule has 0 unspecified atom stereocenters. The van der Waals surface area contributed by atoms with Gasteiger partial charge in [-0.05, 0) is 10.9 Å². The first kappa shape index (κ1) is 7.40. The second-order valence-corrected chi connectivity index (χ2v) is 2.49. The summed E-state index contributed by atoms with van der Waals surface area (Å²) < 4.78 is 0. The molecule has 0 radical (unpaired) electrons. The third kappa shape index (κ3) is 1.23. The Morgan fingerprint density at radius 2 is 2.00 bits per heavy atom. The van der Waals surface area contributed by atoms with Crippen LogP contribution in [0.15, 0.2) is 18.2 Å². The van der Waals surface area contributed by atoms with E-state index in [9.17, 15) is 0 Å². The highest BCUT2D eigenvalue weighted by atomic mass is 35.5. The minimum atomic E-state index is 0.395. The van der Waals surface area contributed by atoms with Crippen LogP contribution >= 0.6 is 23.2 Å². The lowest BCUT2D eigenvalue weighted by molar-refractivity contribution is 1.72. The van der Waals surface area contributed by atoms with Crippen molar-refractivity contribution in [3.05, 3.63) is 33.1 Å². The lowest BCUT2D eigenvalue weighted by Crippen LogP contribution is -1.66. The average molecular weight is 173 g/mol. The standard InChI is InChI=1S/C7H4Cl2N/c1-10-6-4-2-3-5(8)7(6)9/h1-4H/q+1. The predicted molar refractivity (Wildman–Crippen MR) is 44.4 cm³/mol. The van der Waals surface area contributed by atoms with Gasteiger partial charge >= 0.3 is 5.69 Å². The van der Waals surface area contributed by atoms with E-state index in [1.54, 1.807) is 18.2 Å². The monoisotopic (exact) mass is 172 g/mol. The molecule has 0 saturated carbocycles. The van der Waals surface area contributed by atoms with Gasteiger partial charge in [0, 0.05) is 6.07 Å². The highest BCUT2D eigenvalue weighted by Gasteiger charge is 2.09. The molecule has 50 valence electrons. The molecule has 3 heteroatoms. The average Bonchev–Trinajstić information content (AvgIpc) is 1.95. The smallest absolute Gasteiger partial charge is 0.0824 e. The first-order valence-corrected chi connectivity index (χ1v) is 3.36. The molecule has 0 N–H and O–H groups in total. The highest BCUT2D eigenvalue weighted by molar-refractivity contribution is 6.43. The minimum Gasteiger partial charge on any atom is -0.0824 e. The van der Waals surface area contributed by atoms with Crippen LogP contribution in [-0.4, -0.2) is 0 Å². The number of benzene rings is 1. The fourth-order valence-corrected chi connectivity index (χ4v) is 0.936. The van der Waals surface area contributed by atoms with Gasteiger partial charge in [-0.3, -0.25) is 0 Å². The fraction of sp³-hybridized carbons (Fsp3) is 0. The van der Waals surface area contributed by atoms with Crippen LogP contribution in [0.4, 0.5) is 5.69 Å². The van der Waals surface area contributed by atoms with Crippen molar-refractivity contribution in [2.45, 2.75) is 0 Å². The summed E-state index contributed by atoms with van der Waals surface area (Å²) in [5.74, 6) is 0. The van der Waals surface area contributed by atoms with E-state index in [0.717, 1.165) is 0 Å². The Morgan fingerprint density at radius 1 is 1.30 bits per heavy atom. The van der Waals surface area contributed by atoms with Crippen LogP contribution < -0.4 is 0 Å². The summed E-state index contributed by atoms with van der Waals surface area (Å²) in [5, 5.41) is 0.861. The van der Waals surface area contributed by atoms with Crippen LogP contribution in [0.2, 0.25) is 10.0 Å². The molecule has 1 aromatic rings. The first-order valence-electron chi connectivity index (χ1n) is 2.60. The van der Waals surface area contributed by atoms with Crippen molar-refractivity contribution < 1.29 is 0 Å². The van der Waals surface area contributed by atoms with E-state index in [2.05, 4.69) is 4.85 Å². The maximum Gasteiger partial charge on any atom is 0.359 e. The van der Waals surface area contributed by atoms with E-state index in [0.29, 0.717) is 15.7 Å². The Bertz CT molecular complexity index is 288. The van der Waals surface area contributed by atoms with E-state index >= 15 is 0 Å². The molecule has 0 aliphatic rings. The summed E-state index contributed by atoms with van der Waals surface area (Å²) in [6.07, 6.45) is 0. The minimum absolute atomic E-state index is 0.395. The number of nitrogens with zero attached hydrogens (tertiary/aromatic N) is 1. The molecule has 0 amide bonds. The molecule has 1 nitrogen and oxygen atoms in total. The zero-order chi connectivity index (χ0) is 7.56. The molecule has 0 saturated heterocycles. The molecule has 0 spiro atoms. The van der Waals surface area contributed by atoms with Gasteiger partial charge in [-0.25, -0.2) is 0 Å². The third-order valence-electron chi connectivity index (χ3n) is 1.07. The second-order valence-electron chi connectivity index (χ2n) is 1.70. The molecule has 0 heterocycles. The Morgan fingerprint density at radius 3 is 2.50 bits per heavy atom. The van der Waals surface area contributed by atoms with Crippen molar-refractivity contribution in [3.8, 4) is 6.57 Å². The number of halogens is 2. The normalized spacial score (nSPS) is 8.90. The van der Waals surface area contributed by atoms with Gasteiger partial charge in [-0.15, -0.1) is 0 Å². The number of rotatable bonds is 0. The van der Waals surface area contributed by atoms with Gasteiger partial charge in [0.15, 0.2) is 5.02 Å². The Hall–Kier alpha value is -0.710. The largest absolute Gasteiger partial charge is 0.359 e. The molecular formula is C7H4Cl2N+. The maximum absolute atomic E-state index is 5.69. The number of hydrogen-bond donors (Lipinski definition) is 0. The van der Waals surface area contributed by atoms with Crippen LogP contribution in [0.3, 0.4) is 0 Å². The molecule has 10 heavy (non-hydrogen) atoms. The van der Waals surface area contributed by atoms with Crippen molar-refractivity contribution in [1.82, 2.24) is 0 Å². The first-order chi connectivity index (χ1) is 4.75. The summed E-state index contributed by atoms with van der Waals surface area (Å²) in [7, 11) is 0. The SMILES string of the molecule is C#[N+]c1cccc(Cl)c1Cl. The Kier molecular flexibility index (Phi) is 2.16. The molecular weight excluding hydrogens is 169 g/mol. The van der Waals surface area contributed by atoms with Crippen molar-refractivity contribution >= 4 is 28.9 Å². The van der Waals surface area contributed by atoms with E-state index in [-0.39, 0.29) is 0 Å². The Balaban J connectivity index is 3.31. The van der Waals surface area contributed by atoms with Gasteiger partial charge in [0.25, 0.3) is 6.57 Å². The van der Waals surface area contributed by atoms with E-state index in [1.807, 2.05) is 0 Å². The summed E-state index contributed by atoms with van der Waals surface area (Å²) in [4.78, 5) is 3.41. The van der Waals surface area contributed by atoms with E-state index < -0.39 is 0 Å². The van der Waals surface area contributed by atoms with E-state index in [1.165, 1.54) is 0 Å². The van der Waals surface area contributed by atoms with Gasteiger partial charge in [0.2, 0.25) is 0 Å². The van der Waals surface area contributed by atoms with E-state index in [4.69, 9.17) is 29.8 Å². The topological polar surface area (TPSA) is 4.36 Å². The summed E-state index contributed by atoms with van der Waals surface area (Å²) in [5.41, 5.74) is 0.508. The molecule has 0 atom stereocenters. The van der Waals surface area contributed by atoms with Gasteiger partial charge < -0.3 is 0 Å². The molecule has 0 fully saturated rings. The number of hydrogen-bond acceptors (Lipinski definition) is 0. The quantitative estimate of drug-likeness (QED) is 0.564. The molecule has 0 aliphatic heterocycles. The predicted octanol–water partition coefficient (Wildman–Crippen LogP) is 3.59. The summed E-state index contributed by atoms with van der Waals surface area (Å²) >= 11 is 11.3. The molecule has 1 rings (SSSR count). The van der Waals surface area contributed by atoms with Crippen LogP contribution in [0, 0.1) is 6.57 Å². The third-order valence-corrected chi connectivity index (χ3v) is 1.88. The van der Waals surface area contributed by atoms with Crippen LogP contribution in [0.25, 0.3) is 4.85 Å². The zero-order valence-electron chi connectivity index (χ0n) is 5.01. The lowest BCUT2D eigenvalue weighted by atomic mass is 10.3. The summed E-state index contributed by atoms with van der Waals surface area (Å²) in [6.45, 7) is 5.00. The highest BCUT2D eigenvalue weighted by Crippen LogP contribution is 2.31. The fourth-order valence-electron chi connectivity index (χ4n) is 0.592. The van der Waals surface area contributed by atoms with Crippen molar-refractivity contribution in [2.75, 3.05) is 0 Å². The second kappa shape index (κ2) is 2.92. The van der Waals surface area contributed by atoms with Gasteiger partial charge in [0.05, 0.1) is 5.02 Å². The Labute approximate surface area is 69.0 Å². The van der Waals surface area contributed by atoms with Crippen LogP contribution in [0.5, 0.6) is 0 Å². The van der Waals surface area contributed by atoms with Gasteiger partial charge in [-0.2, -0.15) is 0 Å². The van der Waals surface area contributed by atoms with Crippen molar-refractivity contribution in [2.24, 2.45) is 0 Å². The zero-order valence-corrected chi connectivity index (χ0v) is 6.52. The van der Waals surface area contributed by atoms with Crippen LogP contribution in [-0.2, 0) is 0 Å². The molecule has 1 aromatic carbocycles. The summed E-state index contributed by atoms with van der Waals surface area (Å²) in [6, 6.07) is 5.10. The van der Waals surface area contributed by atoms with Gasteiger partial charge in [0.1, 0.15) is 0 Å². The maximum atomic E-state index is 5.69. The molecule has 0 bridgehead atoms. The van der Waals surface area contributed by atoms with Crippen molar-refractivity contribution in [3.63, 3.8) is 0 Å². The molecule has 0 aromatic heterocycles. The van der Waals surface area contributed by atoms with Crippen molar-refractivity contribution in [1.29, 1.82) is 0 Å². The lowest BCUT2D eigenvalue weighted by Gasteiger charge is -1.87. The van der Waals surface area contributed by atoms with Crippen LogP contribution in [0.1, 0.15) is 0 Å². The van der Waals surface area contributed by atoms with Gasteiger partial charge in [-0.1, -0.05) is 29.3 Å².